The van der Waals surface area contributed by atoms with Crippen molar-refractivity contribution in [3.8, 4) is 5.75 Å². The van der Waals surface area contributed by atoms with Gasteiger partial charge in [-0.05, 0) is 42.8 Å². The highest BCUT2D eigenvalue weighted by Gasteiger charge is 2.28. The van der Waals surface area contributed by atoms with E-state index < -0.39 is 5.97 Å². The number of hydrogen-bond acceptors (Lipinski definition) is 5. The minimum Gasteiger partial charge on any atom is -0.494 e. The quantitative estimate of drug-likeness (QED) is 0.388. The van der Waals surface area contributed by atoms with Crippen molar-refractivity contribution in [2.24, 2.45) is 0 Å². The van der Waals surface area contributed by atoms with Gasteiger partial charge >= 0.3 is 5.97 Å². The summed E-state index contributed by atoms with van der Waals surface area (Å²) in [6.07, 6.45) is 0.719. The summed E-state index contributed by atoms with van der Waals surface area (Å²) in [7, 11) is 0. The minimum absolute atomic E-state index is 0.198. The number of carbonyl (C=O) groups is 2. The lowest BCUT2D eigenvalue weighted by molar-refractivity contribution is -0.147. The second kappa shape index (κ2) is 9.50. The van der Waals surface area contributed by atoms with Gasteiger partial charge in [-0.25, -0.2) is 0 Å². The maximum Gasteiger partial charge on any atom is 0.306 e. The number of hydrogen-bond donors (Lipinski definition) is 0. The molecule has 0 aliphatic carbocycles. The highest BCUT2D eigenvalue weighted by atomic mass is 32.2. The lowest BCUT2D eigenvalue weighted by Gasteiger charge is -2.30. The highest BCUT2D eigenvalue weighted by Crippen LogP contribution is 2.47. The van der Waals surface area contributed by atoms with Gasteiger partial charge in [-0.3, -0.25) is 14.5 Å². The van der Waals surface area contributed by atoms with Crippen LogP contribution in [0.25, 0.3) is 0 Å². The maximum atomic E-state index is 13.0. The van der Waals surface area contributed by atoms with Gasteiger partial charge in [0.1, 0.15) is 5.75 Å². The molecule has 4 rings (SSSR count). The number of benzene rings is 3. The van der Waals surface area contributed by atoms with Crippen molar-refractivity contribution in [3.05, 3.63) is 78.9 Å². The van der Waals surface area contributed by atoms with Gasteiger partial charge in [-0.1, -0.05) is 54.2 Å². The minimum atomic E-state index is -0.409. The van der Waals surface area contributed by atoms with Crippen molar-refractivity contribution >= 4 is 35.0 Å². The Labute approximate surface area is 179 Å². The van der Waals surface area contributed by atoms with Crippen molar-refractivity contribution in [2.75, 3.05) is 18.1 Å². The Morgan fingerprint density at radius 1 is 0.800 bits per heavy atom. The molecule has 0 radical (unpaired) electrons. The fraction of sp³-hybridized carbons (Fsp3) is 0.167. The van der Waals surface area contributed by atoms with E-state index in [2.05, 4.69) is 0 Å². The van der Waals surface area contributed by atoms with Crippen molar-refractivity contribution in [3.63, 3.8) is 0 Å². The molecule has 0 aromatic heterocycles. The molecular weight excluding hydrogens is 398 g/mol. The molecule has 1 amide bonds. The number of para-hydroxylation sites is 3. The molecule has 30 heavy (non-hydrogen) atoms. The van der Waals surface area contributed by atoms with Gasteiger partial charge in [0.15, 0.2) is 6.61 Å². The molecule has 0 saturated heterocycles. The summed E-state index contributed by atoms with van der Waals surface area (Å²) >= 11 is 1.62. The summed E-state index contributed by atoms with van der Waals surface area (Å²) in [6.45, 7) is 0.114. The molecule has 6 heteroatoms. The molecule has 0 N–H and O–H groups in total. The maximum absolute atomic E-state index is 13.0. The van der Waals surface area contributed by atoms with E-state index in [0.717, 1.165) is 26.9 Å². The van der Waals surface area contributed by atoms with E-state index in [1.54, 1.807) is 16.7 Å². The lowest BCUT2D eigenvalue weighted by atomic mass is 10.2. The zero-order valence-corrected chi connectivity index (χ0v) is 17.1. The van der Waals surface area contributed by atoms with Gasteiger partial charge in [0, 0.05) is 16.2 Å². The van der Waals surface area contributed by atoms with Crippen LogP contribution < -0.4 is 9.64 Å². The normalized spacial score (nSPS) is 11.9. The van der Waals surface area contributed by atoms with Crippen molar-refractivity contribution < 1.29 is 19.1 Å². The molecule has 0 bridgehead atoms. The van der Waals surface area contributed by atoms with Crippen molar-refractivity contribution in [1.82, 2.24) is 0 Å². The summed E-state index contributed by atoms with van der Waals surface area (Å²) in [5.41, 5.74) is 1.61. The molecule has 0 spiro atoms. The Kier molecular flexibility index (Phi) is 6.35. The fourth-order valence-corrected chi connectivity index (χ4v) is 4.23. The van der Waals surface area contributed by atoms with Crippen LogP contribution in [0.3, 0.4) is 0 Å². The molecule has 3 aromatic carbocycles. The number of amides is 1. The largest absolute Gasteiger partial charge is 0.494 e. The molecule has 5 nitrogen and oxygen atoms in total. The van der Waals surface area contributed by atoms with Gasteiger partial charge in [-0.2, -0.15) is 0 Å². The predicted molar refractivity (Wildman–Crippen MR) is 116 cm³/mol. The molecule has 1 aliphatic heterocycles. The molecule has 1 heterocycles. The summed E-state index contributed by atoms with van der Waals surface area (Å²) in [5.74, 6) is 0.0818. The Balaban J connectivity index is 1.32. The molecule has 0 fully saturated rings. The summed E-state index contributed by atoms with van der Waals surface area (Å²) < 4.78 is 10.8. The number of ether oxygens (including phenoxy) is 2. The Bertz CT molecular complexity index is 993. The number of anilines is 2. The first-order chi connectivity index (χ1) is 14.7. The zero-order valence-electron chi connectivity index (χ0n) is 16.3. The third kappa shape index (κ3) is 4.66. The zero-order chi connectivity index (χ0) is 20.8. The smallest absolute Gasteiger partial charge is 0.306 e. The van der Waals surface area contributed by atoms with Crippen LogP contribution in [0.15, 0.2) is 88.7 Å². The van der Waals surface area contributed by atoms with E-state index >= 15 is 0 Å². The van der Waals surface area contributed by atoms with Crippen LogP contribution in [-0.2, 0) is 14.3 Å². The Hall–Kier alpha value is -3.25. The standard InChI is InChI=1S/C24H21NO4S/c26-23(17-29-24(27)15-8-16-28-18-9-2-1-3-10-18)25-19-11-4-6-13-21(19)30-22-14-7-5-12-20(22)25/h1-7,9-14H,8,15-17H2. The molecule has 0 unspecified atom stereocenters. The topological polar surface area (TPSA) is 55.8 Å². The molecule has 1 aliphatic rings. The van der Waals surface area contributed by atoms with E-state index in [0.29, 0.717) is 13.0 Å². The van der Waals surface area contributed by atoms with E-state index in [1.807, 2.05) is 78.9 Å². The molecule has 3 aromatic rings. The van der Waals surface area contributed by atoms with Crippen LogP contribution in [0.2, 0.25) is 0 Å². The number of rotatable bonds is 7. The van der Waals surface area contributed by atoms with Gasteiger partial charge < -0.3 is 9.47 Å². The number of nitrogens with zero attached hydrogens (tertiary/aromatic N) is 1. The van der Waals surface area contributed by atoms with Gasteiger partial charge in [0.25, 0.3) is 5.91 Å². The molecular formula is C24H21NO4S. The van der Waals surface area contributed by atoms with E-state index in [1.165, 1.54) is 0 Å². The van der Waals surface area contributed by atoms with Crippen molar-refractivity contribution in [1.29, 1.82) is 0 Å². The average molecular weight is 420 g/mol. The summed E-state index contributed by atoms with van der Waals surface area (Å²) in [6, 6.07) is 24.9. The van der Waals surface area contributed by atoms with Gasteiger partial charge in [0.2, 0.25) is 0 Å². The van der Waals surface area contributed by atoms with Crippen LogP contribution in [0.4, 0.5) is 11.4 Å². The number of esters is 1. The van der Waals surface area contributed by atoms with E-state index in [-0.39, 0.29) is 18.9 Å². The molecule has 0 saturated carbocycles. The summed E-state index contributed by atoms with van der Waals surface area (Å²) in [5, 5.41) is 0. The van der Waals surface area contributed by atoms with Crippen LogP contribution >= 0.6 is 11.8 Å². The molecule has 152 valence electrons. The first-order valence-corrected chi connectivity index (χ1v) is 10.6. The fourth-order valence-electron chi connectivity index (χ4n) is 3.18. The van der Waals surface area contributed by atoms with E-state index in [9.17, 15) is 9.59 Å². The van der Waals surface area contributed by atoms with Crippen LogP contribution in [0.1, 0.15) is 12.8 Å². The SMILES string of the molecule is O=C(CCCOc1ccccc1)OCC(=O)N1c2ccccc2Sc2ccccc21. The average Bonchev–Trinajstić information content (AvgIpc) is 2.79. The monoisotopic (exact) mass is 419 g/mol. The third-order valence-electron chi connectivity index (χ3n) is 4.58. The first-order valence-electron chi connectivity index (χ1n) is 9.75. The second-order valence-electron chi connectivity index (χ2n) is 6.69. The van der Waals surface area contributed by atoms with Crippen LogP contribution in [0.5, 0.6) is 5.75 Å². The molecule has 0 atom stereocenters. The third-order valence-corrected chi connectivity index (χ3v) is 5.71. The van der Waals surface area contributed by atoms with Gasteiger partial charge in [0.05, 0.1) is 18.0 Å². The van der Waals surface area contributed by atoms with Gasteiger partial charge in [-0.15, -0.1) is 0 Å². The number of fused-ring (bicyclic) bond motifs is 2. The second-order valence-corrected chi connectivity index (χ2v) is 7.78. The lowest BCUT2D eigenvalue weighted by Crippen LogP contribution is -2.32. The number of carbonyl (C=O) groups excluding carboxylic acids is 2. The first kappa shape index (κ1) is 20.0. The van der Waals surface area contributed by atoms with Crippen LogP contribution in [0, 0.1) is 0 Å². The Morgan fingerprint density at radius 3 is 2.07 bits per heavy atom. The predicted octanol–water partition coefficient (Wildman–Crippen LogP) is 5.22. The highest BCUT2D eigenvalue weighted by molar-refractivity contribution is 7.99. The van der Waals surface area contributed by atoms with Crippen molar-refractivity contribution in [2.45, 2.75) is 22.6 Å². The van der Waals surface area contributed by atoms with Crippen LogP contribution in [-0.4, -0.2) is 25.1 Å². The Morgan fingerprint density at radius 2 is 1.40 bits per heavy atom. The van der Waals surface area contributed by atoms with E-state index in [4.69, 9.17) is 9.47 Å². The summed E-state index contributed by atoms with van der Waals surface area (Å²) in [4.78, 5) is 28.7.